The molecule has 0 aliphatic heterocycles. The van der Waals surface area contributed by atoms with Crippen molar-refractivity contribution >= 4 is 5.69 Å². The van der Waals surface area contributed by atoms with Crippen molar-refractivity contribution in [2.24, 2.45) is 5.92 Å². The Balaban J connectivity index is 2.62. The van der Waals surface area contributed by atoms with Gasteiger partial charge in [-0.2, -0.15) is 0 Å². The Hall–Kier alpha value is -1.09. The highest BCUT2D eigenvalue weighted by Gasteiger charge is 2.13. The smallest absolute Gasteiger partial charge is 0.0564 e. The van der Waals surface area contributed by atoms with Gasteiger partial charge in [-0.15, -0.1) is 0 Å². The second-order valence-corrected chi connectivity index (χ2v) is 4.48. The van der Waals surface area contributed by atoms with Gasteiger partial charge in [0, 0.05) is 24.5 Å². The highest BCUT2D eigenvalue weighted by molar-refractivity contribution is 5.37. The van der Waals surface area contributed by atoms with Gasteiger partial charge in [-0.05, 0) is 32.0 Å². The fraction of sp³-hybridized carbons (Fsp3) is 0.583. The molecule has 3 heteroatoms. The quantitative estimate of drug-likeness (QED) is 0.822. The number of nitrogens with zero attached hydrogens (tertiary/aromatic N) is 2. The molecule has 0 saturated heterocycles. The molecule has 0 fully saturated rings. The zero-order valence-electron chi connectivity index (χ0n) is 10.1. The summed E-state index contributed by atoms with van der Waals surface area (Å²) in [7, 11) is 2.12. The third-order valence-corrected chi connectivity index (χ3v) is 2.91. The van der Waals surface area contributed by atoms with Crippen LogP contribution in [-0.4, -0.2) is 23.0 Å². The van der Waals surface area contributed by atoms with Crippen molar-refractivity contribution < 1.29 is 0 Å². The highest BCUT2D eigenvalue weighted by Crippen LogP contribution is 2.12. The minimum atomic E-state index is 0.549. The van der Waals surface area contributed by atoms with E-state index in [1.54, 1.807) is 6.20 Å². The number of rotatable bonds is 4. The summed E-state index contributed by atoms with van der Waals surface area (Å²) in [6.07, 6.45) is 1.76. The Morgan fingerprint density at radius 1 is 1.40 bits per heavy atom. The van der Waals surface area contributed by atoms with Gasteiger partial charge < -0.3 is 5.73 Å². The predicted octanol–water partition coefficient (Wildman–Crippen LogP) is 2.14. The number of hydrogen-bond donors (Lipinski definition) is 1. The van der Waals surface area contributed by atoms with Gasteiger partial charge in [0.2, 0.25) is 0 Å². The van der Waals surface area contributed by atoms with Crippen molar-refractivity contribution in [3.8, 4) is 0 Å². The monoisotopic (exact) mass is 207 g/mol. The largest absolute Gasteiger partial charge is 0.399 e. The minimum absolute atomic E-state index is 0.549. The van der Waals surface area contributed by atoms with Crippen molar-refractivity contribution in [1.82, 2.24) is 9.88 Å². The molecule has 1 aromatic heterocycles. The Morgan fingerprint density at radius 3 is 2.60 bits per heavy atom. The van der Waals surface area contributed by atoms with Gasteiger partial charge in [0.15, 0.2) is 0 Å². The molecule has 0 aromatic carbocycles. The first-order chi connectivity index (χ1) is 7.00. The summed E-state index contributed by atoms with van der Waals surface area (Å²) in [5, 5.41) is 0. The highest BCUT2D eigenvalue weighted by atomic mass is 15.1. The van der Waals surface area contributed by atoms with Crippen LogP contribution in [0.1, 0.15) is 26.5 Å². The Kier molecular flexibility index (Phi) is 4.09. The van der Waals surface area contributed by atoms with Gasteiger partial charge in [-0.3, -0.25) is 9.88 Å². The summed E-state index contributed by atoms with van der Waals surface area (Å²) in [5.41, 5.74) is 7.53. The summed E-state index contributed by atoms with van der Waals surface area (Å²) in [4.78, 5) is 6.60. The molecule has 0 aliphatic rings. The molecule has 3 nitrogen and oxygen atoms in total. The van der Waals surface area contributed by atoms with Crippen LogP contribution >= 0.6 is 0 Å². The first-order valence-electron chi connectivity index (χ1n) is 5.41. The SMILES string of the molecule is CC(C)C(C)N(C)Cc1cc(N)ccn1. The second kappa shape index (κ2) is 5.12. The fourth-order valence-corrected chi connectivity index (χ4v) is 1.49. The van der Waals surface area contributed by atoms with Crippen LogP contribution in [0.25, 0.3) is 0 Å². The van der Waals surface area contributed by atoms with E-state index in [9.17, 15) is 0 Å². The Labute approximate surface area is 92.3 Å². The number of anilines is 1. The molecule has 0 spiro atoms. The van der Waals surface area contributed by atoms with Crippen molar-refractivity contribution in [2.75, 3.05) is 12.8 Å². The van der Waals surface area contributed by atoms with Crippen LogP contribution in [0.4, 0.5) is 5.69 Å². The van der Waals surface area contributed by atoms with E-state index < -0.39 is 0 Å². The maximum atomic E-state index is 5.71. The predicted molar refractivity (Wildman–Crippen MR) is 64.4 cm³/mol. The van der Waals surface area contributed by atoms with Gasteiger partial charge in [-0.1, -0.05) is 13.8 Å². The van der Waals surface area contributed by atoms with E-state index in [1.165, 1.54) is 0 Å². The lowest BCUT2D eigenvalue weighted by atomic mass is 10.1. The third-order valence-electron chi connectivity index (χ3n) is 2.91. The molecule has 2 N–H and O–H groups in total. The van der Waals surface area contributed by atoms with Crippen molar-refractivity contribution in [3.05, 3.63) is 24.0 Å². The molecule has 1 rings (SSSR count). The molecular formula is C12H21N3. The van der Waals surface area contributed by atoms with E-state index in [0.717, 1.165) is 17.9 Å². The maximum absolute atomic E-state index is 5.71. The molecule has 1 aromatic rings. The van der Waals surface area contributed by atoms with Gasteiger partial charge in [-0.25, -0.2) is 0 Å². The number of hydrogen-bond acceptors (Lipinski definition) is 3. The van der Waals surface area contributed by atoms with Crippen LogP contribution in [-0.2, 0) is 6.54 Å². The molecule has 0 radical (unpaired) electrons. The molecule has 1 unspecified atom stereocenters. The lowest BCUT2D eigenvalue weighted by Crippen LogP contribution is -2.32. The van der Waals surface area contributed by atoms with Crippen LogP contribution in [0.15, 0.2) is 18.3 Å². The van der Waals surface area contributed by atoms with Crippen molar-refractivity contribution in [3.63, 3.8) is 0 Å². The standard InChI is InChI=1S/C12H21N3/c1-9(2)10(3)15(4)8-12-7-11(13)5-6-14-12/h5-7,9-10H,8H2,1-4H3,(H2,13,14). The van der Waals surface area contributed by atoms with Crippen molar-refractivity contribution in [2.45, 2.75) is 33.4 Å². The normalized spacial score (nSPS) is 13.5. The topological polar surface area (TPSA) is 42.1 Å². The second-order valence-electron chi connectivity index (χ2n) is 4.48. The minimum Gasteiger partial charge on any atom is -0.399 e. The van der Waals surface area contributed by atoms with Crippen LogP contribution in [0.5, 0.6) is 0 Å². The van der Waals surface area contributed by atoms with Crippen LogP contribution in [0.2, 0.25) is 0 Å². The molecule has 0 amide bonds. The van der Waals surface area contributed by atoms with Crippen LogP contribution in [0, 0.1) is 5.92 Å². The average molecular weight is 207 g/mol. The Morgan fingerprint density at radius 2 is 2.07 bits per heavy atom. The molecule has 0 saturated carbocycles. The number of nitrogen functional groups attached to an aromatic ring is 1. The van der Waals surface area contributed by atoms with E-state index in [4.69, 9.17) is 5.73 Å². The van der Waals surface area contributed by atoms with E-state index in [-0.39, 0.29) is 0 Å². The van der Waals surface area contributed by atoms with Crippen molar-refractivity contribution in [1.29, 1.82) is 0 Å². The molecule has 84 valence electrons. The zero-order chi connectivity index (χ0) is 11.4. The summed E-state index contributed by atoms with van der Waals surface area (Å²) in [6, 6.07) is 4.30. The number of nitrogens with two attached hydrogens (primary N) is 1. The maximum Gasteiger partial charge on any atom is 0.0564 e. The fourth-order valence-electron chi connectivity index (χ4n) is 1.49. The van der Waals surface area contributed by atoms with Crippen LogP contribution < -0.4 is 5.73 Å². The number of aromatic nitrogens is 1. The molecule has 0 bridgehead atoms. The van der Waals surface area contributed by atoms with E-state index in [2.05, 4.69) is 37.7 Å². The summed E-state index contributed by atoms with van der Waals surface area (Å²) in [5.74, 6) is 0.649. The zero-order valence-corrected chi connectivity index (χ0v) is 10.1. The average Bonchev–Trinajstić information content (AvgIpc) is 2.16. The molecule has 0 aliphatic carbocycles. The molecule has 15 heavy (non-hydrogen) atoms. The van der Waals surface area contributed by atoms with E-state index in [0.29, 0.717) is 12.0 Å². The van der Waals surface area contributed by atoms with E-state index >= 15 is 0 Å². The lowest BCUT2D eigenvalue weighted by Gasteiger charge is -2.27. The van der Waals surface area contributed by atoms with E-state index in [1.807, 2.05) is 12.1 Å². The van der Waals surface area contributed by atoms with Gasteiger partial charge >= 0.3 is 0 Å². The number of pyridine rings is 1. The summed E-state index contributed by atoms with van der Waals surface area (Å²) < 4.78 is 0. The molecular weight excluding hydrogens is 186 g/mol. The summed E-state index contributed by atoms with van der Waals surface area (Å²) >= 11 is 0. The summed E-state index contributed by atoms with van der Waals surface area (Å²) in [6.45, 7) is 7.54. The van der Waals surface area contributed by atoms with Gasteiger partial charge in [0.1, 0.15) is 0 Å². The Bertz CT molecular complexity index is 309. The first-order valence-corrected chi connectivity index (χ1v) is 5.41. The first kappa shape index (κ1) is 12.0. The third kappa shape index (κ3) is 3.51. The van der Waals surface area contributed by atoms with Gasteiger partial charge in [0.25, 0.3) is 0 Å². The molecule has 1 heterocycles. The molecule has 1 atom stereocenters. The van der Waals surface area contributed by atoms with Crippen LogP contribution in [0.3, 0.4) is 0 Å². The van der Waals surface area contributed by atoms with Gasteiger partial charge in [0.05, 0.1) is 5.69 Å². The lowest BCUT2D eigenvalue weighted by molar-refractivity contribution is 0.198.